The highest BCUT2D eigenvalue weighted by molar-refractivity contribution is 6.30. The summed E-state index contributed by atoms with van der Waals surface area (Å²) in [5.41, 5.74) is 9.48. The van der Waals surface area contributed by atoms with Crippen molar-refractivity contribution < 1.29 is 9.47 Å². The normalized spacial score (nSPS) is 12.0. The van der Waals surface area contributed by atoms with Gasteiger partial charge in [-0.15, -0.1) is 0 Å². The molecule has 0 aromatic heterocycles. The van der Waals surface area contributed by atoms with Crippen LogP contribution in [-0.4, -0.2) is 13.7 Å². The van der Waals surface area contributed by atoms with Crippen molar-refractivity contribution in [3.63, 3.8) is 0 Å². The van der Waals surface area contributed by atoms with Gasteiger partial charge in [0.1, 0.15) is 18.1 Å². The molecule has 0 aliphatic heterocycles. The van der Waals surface area contributed by atoms with Crippen LogP contribution in [0.25, 0.3) is 0 Å². The number of rotatable bonds is 5. The number of nitrogens with two attached hydrogens (primary N) is 1. The first kappa shape index (κ1) is 15.7. The quantitative estimate of drug-likeness (QED) is 0.906. The highest BCUT2D eigenvalue weighted by Crippen LogP contribution is 2.30. The number of hydrogen-bond acceptors (Lipinski definition) is 3. The van der Waals surface area contributed by atoms with Crippen LogP contribution in [0.1, 0.15) is 22.7 Å². The number of aryl methyl sites for hydroxylation is 1. The average Bonchev–Trinajstić information content (AvgIpc) is 2.49. The Morgan fingerprint density at radius 1 is 1.10 bits per heavy atom. The molecule has 0 heterocycles. The minimum absolute atomic E-state index is 0.255. The molecule has 0 saturated heterocycles. The smallest absolute Gasteiger partial charge is 0.126 e. The van der Waals surface area contributed by atoms with Crippen molar-refractivity contribution in [3.8, 4) is 11.5 Å². The molecule has 3 nitrogen and oxygen atoms in total. The predicted octanol–water partition coefficient (Wildman–Crippen LogP) is 4.04. The van der Waals surface area contributed by atoms with Crippen molar-refractivity contribution in [2.45, 2.75) is 19.9 Å². The third-order valence-corrected chi connectivity index (χ3v) is 3.81. The van der Waals surface area contributed by atoms with E-state index in [0.29, 0.717) is 11.6 Å². The van der Waals surface area contributed by atoms with Gasteiger partial charge in [-0.25, -0.2) is 0 Å². The van der Waals surface area contributed by atoms with E-state index in [-0.39, 0.29) is 6.04 Å². The van der Waals surface area contributed by atoms with Crippen molar-refractivity contribution in [2.75, 3.05) is 13.7 Å². The van der Waals surface area contributed by atoms with Crippen molar-refractivity contribution in [1.82, 2.24) is 0 Å². The lowest BCUT2D eigenvalue weighted by atomic mass is 10.00. The lowest BCUT2D eigenvalue weighted by Gasteiger charge is -2.19. The van der Waals surface area contributed by atoms with Crippen LogP contribution in [0, 0.1) is 13.8 Å². The van der Waals surface area contributed by atoms with E-state index < -0.39 is 0 Å². The Balaban J connectivity index is 2.11. The summed E-state index contributed by atoms with van der Waals surface area (Å²) in [6.45, 7) is 4.46. The molecule has 21 heavy (non-hydrogen) atoms. The highest BCUT2D eigenvalue weighted by atomic mass is 35.5. The maximum atomic E-state index is 6.24. The van der Waals surface area contributed by atoms with E-state index >= 15 is 0 Å². The molecule has 2 N–H and O–H groups in total. The third-order valence-electron chi connectivity index (χ3n) is 3.55. The van der Waals surface area contributed by atoms with Gasteiger partial charge in [-0.3, -0.25) is 0 Å². The van der Waals surface area contributed by atoms with Crippen LogP contribution in [0.3, 0.4) is 0 Å². The molecule has 0 aliphatic rings. The van der Waals surface area contributed by atoms with Crippen molar-refractivity contribution >= 4 is 11.6 Å². The minimum Gasteiger partial charge on any atom is -0.496 e. The van der Waals surface area contributed by atoms with Crippen LogP contribution in [0.5, 0.6) is 11.5 Å². The number of benzene rings is 2. The first-order chi connectivity index (χ1) is 10.0. The van der Waals surface area contributed by atoms with E-state index in [4.69, 9.17) is 26.8 Å². The first-order valence-electron chi connectivity index (χ1n) is 6.81. The molecule has 1 unspecified atom stereocenters. The van der Waals surface area contributed by atoms with E-state index in [1.807, 2.05) is 25.1 Å². The zero-order chi connectivity index (χ0) is 15.4. The lowest BCUT2D eigenvalue weighted by Crippen LogP contribution is -2.20. The second-order valence-corrected chi connectivity index (χ2v) is 5.44. The number of methoxy groups -OCH3 is 1. The fraction of sp³-hybridized carbons (Fsp3) is 0.294. The van der Waals surface area contributed by atoms with Crippen LogP contribution in [0.4, 0.5) is 0 Å². The van der Waals surface area contributed by atoms with Gasteiger partial charge in [0.2, 0.25) is 0 Å². The monoisotopic (exact) mass is 305 g/mol. The molecule has 2 aromatic rings. The molecule has 2 aromatic carbocycles. The Kier molecular flexibility index (Phi) is 5.10. The van der Waals surface area contributed by atoms with E-state index in [9.17, 15) is 0 Å². The third kappa shape index (κ3) is 3.69. The zero-order valence-corrected chi connectivity index (χ0v) is 13.3. The number of hydrogen-bond donors (Lipinski definition) is 1. The van der Waals surface area contributed by atoms with Gasteiger partial charge < -0.3 is 15.2 Å². The van der Waals surface area contributed by atoms with Gasteiger partial charge in [-0.1, -0.05) is 23.7 Å². The fourth-order valence-electron chi connectivity index (χ4n) is 2.18. The molecule has 0 bridgehead atoms. The molecule has 1 atom stereocenters. The Morgan fingerprint density at radius 2 is 1.76 bits per heavy atom. The standard InChI is InChI=1S/C17H20ClNO2/c1-11-4-9-15(17(20-3)12(11)2)16(19)10-21-14-7-5-13(18)6-8-14/h4-9,16H,10,19H2,1-3H3. The summed E-state index contributed by atoms with van der Waals surface area (Å²) < 4.78 is 11.2. The zero-order valence-electron chi connectivity index (χ0n) is 12.5. The van der Waals surface area contributed by atoms with Gasteiger partial charge in [0, 0.05) is 10.6 Å². The molecule has 0 radical (unpaired) electrons. The van der Waals surface area contributed by atoms with Crippen LogP contribution in [0.15, 0.2) is 36.4 Å². The Hall–Kier alpha value is -1.71. The van der Waals surface area contributed by atoms with Gasteiger partial charge in [-0.2, -0.15) is 0 Å². The summed E-state index contributed by atoms with van der Waals surface area (Å²) in [6, 6.07) is 11.0. The molecule has 0 aliphatic carbocycles. The Bertz CT molecular complexity index is 611. The van der Waals surface area contributed by atoms with Gasteiger partial charge in [0.25, 0.3) is 0 Å². The molecule has 0 fully saturated rings. The summed E-state index contributed by atoms with van der Waals surface area (Å²) in [7, 11) is 1.66. The van der Waals surface area contributed by atoms with E-state index in [1.54, 1.807) is 19.2 Å². The van der Waals surface area contributed by atoms with Gasteiger partial charge in [-0.05, 0) is 49.2 Å². The maximum absolute atomic E-state index is 6.24. The van der Waals surface area contributed by atoms with Gasteiger partial charge >= 0.3 is 0 Å². The molecule has 0 spiro atoms. The van der Waals surface area contributed by atoms with Crippen LogP contribution >= 0.6 is 11.6 Å². The summed E-state index contributed by atoms with van der Waals surface area (Å²) in [5.74, 6) is 1.58. The fourth-order valence-corrected chi connectivity index (χ4v) is 2.31. The minimum atomic E-state index is -0.255. The lowest BCUT2D eigenvalue weighted by molar-refractivity contribution is 0.286. The summed E-state index contributed by atoms with van der Waals surface area (Å²) in [6.07, 6.45) is 0. The second-order valence-electron chi connectivity index (χ2n) is 5.00. The average molecular weight is 306 g/mol. The van der Waals surface area contributed by atoms with E-state index in [0.717, 1.165) is 22.6 Å². The molecular weight excluding hydrogens is 286 g/mol. The summed E-state index contributed by atoms with van der Waals surface area (Å²) in [5, 5.41) is 0.683. The summed E-state index contributed by atoms with van der Waals surface area (Å²) in [4.78, 5) is 0. The maximum Gasteiger partial charge on any atom is 0.126 e. The van der Waals surface area contributed by atoms with Crippen LogP contribution in [0.2, 0.25) is 5.02 Å². The largest absolute Gasteiger partial charge is 0.496 e. The molecular formula is C17H20ClNO2. The van der Waals surface area contributed by atoms with Gasteiger partial charge in [0.05, 0.1) is 13.2 Å². The van der Waals surface area contributed by atoms with Crippen LogP contribution < -0.4 is 15.2 Å². The topological polar surface area (TPSA) is 44.5 Å². The van der Waals surface area contributed by atoms with E-state index in [1.165, 1.54) is 5.56 Å². The SMILES string of the molecule is COc1c(C(N)COc2ccc(Cl)cc2)ccc(C)c1C. The highest BCUT2D eigenvalue weighted by Gasteiger charge is 2.15. The molecule has 112 valence electrons. The Labute approximate surface area is 130 Å². The second kappa shape index (κ2) is 6.83. The number of halogens is 1. The van der Waals surface area contributed by atoms with E-state index in [2.05, 4.69) is 13.0 Å². The summed E-state index contributed by atoms with van der Waals surface area (Å²) >= 11 is 5.85. The van der Waals surface area contributed by atoms with Crippen molar-refractivity contribution in [3.05, 3.63) is 58.1 Å². The van der Waals surface area contributed by atoms with Gasteiger partial charge in [0.15, 0.2) is 0 Å². The number of ether oxygens (including phenoxy) is 2. The molecule has 0 saturated carbocycles. The molecule has 0 amide bonds. The van der Waals surface area contributed by atoms with Crippen LogP contribution in [-0.2, 0) is 0 Å². The molecule has 4 heteroatoms. The van der Waals surface area contributed by atoms with Crippen molar-refractivity contribution in [1.29, 1.82) is 0 Å². The first-order valence-corrected chi connectivity index (χ1v) is 7.18. The molecule has 2 rings (SSSR count). The van der Waals surface area contributed by atoms with Crippen molar-refractivity contribution in [2.24, 2.45) is 5.73 Å². The Morgan fingerprint density at radius 3 is 2.38 bits per heavy atom. The predicted molar refractivity (Wildman–Crippen MR) is 86.3 cm³/mol.